The van der Waals surface area contributed by atoms with Gasteiger partial charge in [0.15, 0.2) is 0 Å². The summed E-state index contributed by atoms with van der Waals surface area (Å²) < 4.78 is 0. The Morgan fingerprint density at radius 3 is 2.47 bits per heavy atom. The third kappa shape index (κ3) is 6.79. The van der Waals surface area contributed by atoms with Gasteiger partial charge in [-0.3, -0.25) is 9.78 Å². The summed E-state index contributed by atoms with van der Waals surface area (Å²) in [7, 11) is 0. The molecule has 0 aliphatic carbocycles. The van der Waals surface area contributed by atoms with E-state index in [0.717, 1.165) is 41.2 Å². The van der Waals surface area contributed by atoms with Crippen LogP contribution in [0.3, 0.4) is 0 Å². The molecule has 30 heavy (non-hydrogen) atoms. The summed E-state index contributed by atoms with van der Waals surface area (Å²) >= 11 is 0. The van der Waals surface area contributed by atoms with E-state index in [1.807, 2.05) is 80.6 Å². The Morgan fingerprint density at radius 1 is 1.03 bits per heavy atom. The third-order valence-electron chi connectivity index (χ3n) is 4.84. The van der Waals surface area contributed by atoms with Gasteiger partial charge in [0.2, 0.25) is 5.91 Å². The van der Waals surface area contributed by atoms with Crippen molar-refractivity contribution in [3.8, 4) is 0 Å². The Morgan fingerprint density at radius 2 is 1.77 bits per heavy atom. The third-order valence-corrected chi connectivity index (χ3v) is 4.84. The lowest BCUT2D eigenvalue weighted by molar-refractivity contribution is -0.115. The van der Waals surface area contributed by atoms with E-state index in [1.165, 1.54) is 5.56 Å². The van der Waals surface area contributed by atoms with Crippen LogP contribution in [0.4, 0.5) is 5.69 Å². The predicted octanol–water partition coefficient (Wildman–Crippen LogP) is 3.75. The normalized spacial score (nSPS) is 11.8. The quantitative estimate of drug-likeness (QED) is 0.476. The summed E-state index contributed by atoms with van der Waals surface area (Å²) in [6, 6.07) is 21.5. The molecule has 1 aromatic heterocycles. The Labute approximate surface area is 178 Å². The highest BCUT2D eigenvalue weighted by atomic mass is 16.3. The average molecular weight is 404 g/mol. The standard InChI is InChI=1S/C25H29N3O2/c1-18-14-19(2)27-23(15-18)16-25(30)28-22-10-8-20(9-11-22)12-13-26-17-24(29)21-6-4-3-5-7-21/h3-11,14-15,24,26,29H,12-13,16-17H2,1-2H3,(H,28,30)/t24-/m0/s1. The molecule has 5 nitrogen and oxygen atoms in total. The molecule has 3 rings (SSSR count). The van der Waals surface area contributed by atoms with Crippen molar-refractivity contribution in [3.63, 3.8) is 0 Å². The molecule has 5 heteroatoms. The van der Waals surface area contributed by atoms with E-state index in [0.29, 0.717) is 6.54 Å². The van der Waals surface area contributed by atoms with Crippen LogP contribution >= 0.6 is 0 Å². The average Bonchev–Trinajstić information content (AvgIpc) is 2.72. The molecule has 0 unspecified atom stereocenters. The maximum absolute atomic E-state index is 12.3. The second-order valence-corrected chi connectivity index (χ2v) is 7.58. The summed E-state index contributed by atoms with van der Waals surface area (Å²) in [6.07, 6.45) is 0.607. The first kappa shape index (κ1) is 21.7. The number of anilines is 1. The van der Waals surface area contributed by atoms with E-state index in [9.17, 15) is 9.90 Å². The summed E-state index contributed by atoms with van der Waals surface area (Å²) in [4.78, 5) is 16.7. The van der Waals surface area contributed by atoms with Crippen LogP contribution < -0.4 is 10.6 Å². The first-order valence-electron chi connectivity index (χ1n) is 10.3. The highest BCUT2D eigenvalue weighted by Gasteiger charge is 2.08. The fourth-order valence-electron chi connectivity index (χ4n) is 3.40. The highest BCUT2D eigenvalue weighted by molar-refractivity contribution is 5.92. The molecule has 0 bridgehead atoms. The topological polar surface area (TPSA) is 74.2 Å². The molecule has 1 atom stereocenters. The maximum atomic E-state index is 12.3. The number of benzene rings is 2. The van der Waals surface area contributed by atoms with Gasteiger partial charge in [-0.05, 0) is 67.8 Å². The summed E-state index contributed by atoms with van der Waals surface area (Å²) in [5, 5.41) is 16.4. The molecule has 0 spiro atoms. The lowest BCUT2D eigenvalue weighted by atomic mass is 10.1. The number of hydrogen-bond acceptors (Lipinski definition) is 4. The van der Waals surface area contributed by atoms with E-state index in [4.69, 9.17) is 0 Å². The largest absolute Gasteiger partial charge is 0.387 e. The molecule has 2 aromatic carbocycles. The number of aromatic nitrogens is 1. The van der Waals surface area contributed by atoms with Gasteiger partial charge in [0.25, 0.3) is 0 Å². The van der Waals surface area contributed by atoms with E-state index >= 15 is 0 Å². The number of pyridine rings is 1. The van der Waals surface area contributed by atoms with Gasteiger partial charge in [-0.15, -0.1) is 0 Å². The number of rotatable bonds is 9. The minimum Gasteiger partial charge on any atom is -0.387 e. The number of amides is 1. The molecule has 0 radical (unpaired) electrons. The molecule has 3 N–H and O–H groups in total. The van der Waals surface area contributed by atoms with Crippen LogP contribution in [0, 0.1) is 13.8 Å². The Bertz CT molecular complexity index is 936. The van der Waals surface area contributed by atoms with Crippen LogP contribution in [0.25, 0.3) is 0 Å². The van der Waals surface area contributed by atoms with Crippen molar-refractivity contribution in [1.29, 1.82) is 0 Å². The fraction of sp³-hybridized carbons (Fsp3) is 0.280. The molecular weight excluding hydrogens is 374 g/mol. The fourth-order valence-corrected chi connectivity index (χ4v) is 3.40. The molecule has 156 valence electrons. The van der Waals surface area contributed by atoms with Gasteiger partial charge in [0.1, 0.15) is 0 Å². The van der Waals surface area contributed by atoms with Crippen LogP contribution in [0.1, 0.15) is 34.2 Å². The van der Waals surface area contributed by atoms with E-state index in [1.54, 1.807) is 0 Å². The lowest BCUT2D eigenvalue weighted by Crippen LogP contribution is -2.23. The number of nitrogens with zero attached hydrogens (tertiary/aromatic N) is 1. The Kier molecular flexibility index (Phi) is 7.71. The number of hydrogen-bond donors (Lipinski definition) is 3. The highest BCUT2D eigenvalue weighted by Crippen LogP contribution is 2.13. The smallest absolute Gasteiger partial charge is 0.230 e. The van der Waals surface area contributed by atoms with Crippen LogP contribution in [-0.4, -0.2) is 29.1 Å². The maximum Gasteiger partial charge on any atom is 0.230 e. The minimum atomic E-state index is -0.504. The zero-order chi connectivity index (χ0) is 21.3. The summed E-state index contributed by atoms with van der Waals surface area (Å²) in [5.41, 5.74) is 5.68. The second kappa shape index (κ2) is 10.7. The first-order valence-corrected chi connectivity index (χ1v) is 10.3. The van der Waals surface area contributed by atoms with Gasteiger partial charge in [-0.2, -0.15) is 0 Å². The Balaban J connectivity index is 1.41. The van der Waals surface area contributed by atoms with Gasteiger partial charge >= 0.3 is 0 Å². The van der Waals surface area contributed by atoms with Gasteiger partial charge in [0.05, 0.1) is 18.2 Å². The molecule has 3 aromatic rings. The van der Waals surface area contributed by atoms with Crippen molar-refractivity contribution in [2.24, 2.45) is 0 Å². The summed E-state index contributed by atoms with van der Waals surface area (Å²) in [5.74, 6) is -0.0724. The van der Waals surface area contributed by atoms with Crippen molar-refractivity contribution in [2.75, 3.05) is 18.4 Å². The molecule has 1 heterocycles. The number of nitrogens with one attached hydrogen (secondary N) is 2. The Hall–Kier alpha value is -3.02. The van der Waals surface area contributed by atoms with E-state index in [-0.39, 0.29) is 12.3 Å². The van der Waals surface area contributed by atoms with Gasteiger partial charge in [-0.25, -0.2) is 0 Å². The van der Waals surface area contributed by atoms with E-state index < -0.39 is 6.10 Å². The zero-order valence-corrected chi connectivity index (χ0v) is 17.6. The number of carbonyl (C=O) groups is 1. The van der Waals surface area contributed by atoms with Gasteiger partial charge in [0, 0.05) is 17.9 Å². The number of carbonyl (C=O) groups excluding carboxylic acids is 1. The van der Waals surface area contributed by atoms with Gasteiger partial charge < -0.3 is 15.7 Å². The number of aliphatic hydroxyl groups excluding tert-OH is 1. The first-order chi connectivity index (χ1) is 14.5. The lowest BCUT2D eigenvalue weighted by Gasteiger charge is -2.12. The van der Waals surface area contributed by atoms with Crippen molar-refractivity contribution < 1.29 is 9.90 Å². The van der Waals surface area contributed by atoms with Crippen LogP contribution in [0.2, 0.25) is 0 Å². The SMILES string of the molecule is Cc1cc(C)nc(CC(=O)Nc2ccc(CCNC[C@H](O)c3ccccc3)cc2)c1. The zero-order valence-electron chi connectivity index (χ0n) is 17.6. The number of aliphatic hydroxyl groups is 1. The molecule has 1 amide bonds. The molecule has 0 saturated heterocycles. The van der Waals surface area contributed by atoms with Crippen molar-refractivity contribution in [1.82, 2.24) is 10.3 Å². The molecule has 0 aliphatic rings. The van der Waals surface area contributed by atoms with Crippen molar-refractivity contribution in [2.45, 2.75) is 32.8 Å². The minimum absolute atomic E-state index is 0.0724. The molecule has 0 fully saturated rings. The van der Waals surface area contributed by atoms with Crippen LogP contribution in [0.5, 0.6) is 0 Å². The predicted molar refractivity (Wildman–Crippen MR) is 120 cm³/mol. The summed E-state index contributed by atoms with van der Waals surface area (Å²) in [6.45, 7) is 5.23. The van der Waals surface area contributed by atoms with E-state index in [2.05, 4.69) is 15.6 Å². The van der Waals surface area contributed by atoms with Crippen molar-refractivity contribution in [3.05, 3.63) is 94.8 Å². The molecule has 0 saturated carbocycles. The van der Waals surface area contributed by atoms with Gasteiger partial charge in [-0.1, -0.05) is 42.5 Å². The van der Waals surface area contributed by atoms with Crippen LogP contribution in [0.15, 0.2) is 66.7 Å². The molecule has 0 aliphatic heterocycles. The monoisotopic (exact) mass is 403 g/mol. The number of aryl methyl sites for hydroxylation is 2. The van der Waals surface area contributed by atoms with Crippen molar-refractivity contribution >= 4 is 11.6 Å². The second-order valence-electron chi connectivity index (χ2n) is 7.58. The van der Waals surface area contributed by atoms with Crippen LogP contribution in [-0.2, 0) is 17.6 Å². The molecular formula is C25H29N3O2.